The predicted molar refractivity (Wildman–Crippen MR) is 98.3 cm³/mol. The predicted octanol–water partition coefficient (Wildman–Crippen LogP) is 3.17. The molecule has 0 bridgehead atoms. The van der Waals surface area contributed by atoms with Crippen molar-refractivity contribution < 1.29 is 4.74 Å². The highest BCUT2D eigenvalue weighted by Gasteiger charge is 2.25. The third kappa shape index (κ3) is 4.57. The van der Waals surface area contributed by atoms with E-state index < -0.39 is 0 Å². The zero-order chi connectivity index (χ0) is 16.9. The van der Waals surface area contributed by atoms with Gasteiger partial charge in [-0.3, -0.25) is 4.90 Å². The summed E-state index contributed by atoms with van der Waals surface area (Å²) in [6.07, 6.45) is 14.4. The Morgan fingerprint density at radius 3 is 2.32 bits per heavy atom. The zero-order valence-corrected chi connectivity index (χ0v) is 15.4. The van der Waals surface area contributed by atoms with Gasteiger partial charge in [-0.25, -0.2) is 9.97 Å². The van der Waals surface area contributed by atoms with Crippen LogP contribution in [0.25, 0.3) is 0 Å². The molecule has 3 fully saturated rings. The number of ether oxygens (including phenoxy) is 1. The zero-order valence-electron chi connectivity index (χ0n) is 15.4. The summed E-state index contributed by atoms with van der Waals surface area (Å²) in [7, 11) is 0. The average Bonchev–Trinajstić information content (AvgIpc) is 2.71. The fraction of sp³-hybridized carbons (Fsp3) is 0.800. The summed E-state index contributed by atoms with van der Waals surface area (Å²) in [5.74, 6) is 0.868. The molecule has 0 aromatic carbocycles. The normalized spacial score (nSPS) is 27.4. The van der Waals surface area contributed by atoms with Crippen LogP contribution in [-0.4, -0.2) is 58.6 Å². The van der Waals surface area contributed by atoms with E-state index in [1.54, 1.807) is 0 Å². The molecule has 0 saturated carbocycles. The molecule has 1 atom stereocenters. The van der Waals surface area contributed by atoms with Crippen LogP contribution < -0.4 is 0 Å². The summed E-state index contributed by atoms with van der Waals surface area (Å²) in [5, 5.41) is 0. The molecule has 5 nitrogen and oxygen atoms in total. The fourth-order valence-electron chi connectivity index (χ4n) is 4.54. The highest BCUT2D eigenvalue weighted by molar-refractivity contribution is 5.07. The Bertz CT molecular complexity index is 515. The van der Waals surface area contributed by atoms with Crippen molar-refractivity contribution in [2.45, 2.75) is 70.1 Å². The van der Waals surface area contributed by atoms with Crippen LogP contribution in [0.4, 0.5) is 0 Å². The lowest BCUT2D eigenvalue weighted by Gasteiger charge is -2.40. The molecule has 3 saturated heterocycles. The number of piperidine rings is 2. The number of hydrogen-bond donors (Lipinski definition) is 0. The maximum atomic E-state index is 5.78. The summed E-state index contributed by atoms with van der Waals surface area (Å²) < 4.78 is 5.78. The lowest BCUT2D eigenvalue weighted by molar-refractivity contribution is 0.00937. The van der Waals surface area contributed by atoms with Gasteiger partial charge in [0.15, 0.2) is 5.82 Å². The highest BCUT2D eigenvalue weighted by Crippen LogP contribution is 2.25. The molecular weight excluding hydrogens is 312 g/mol. The van der Waals surface area contributed by atoms with Crippen molar-refractivity contribution in [1.82, 2.24) is 19.8 Å². The van der Waals surface area contributed by atoms with E-state index in [0.717, 1.165) is 31.4 Å². The second kappa shape index (κ2) is 8.56. The SMILES string of the molecule is c1nc([C@@H]2CCCCO2)ncc1CN1CCC(N2CCCCC2)CC1. The summed E-state index contributed by atoms with van der Waals surface area (Å²) in [6, 6.07) is 0.818. The van der Waals surface area contributed by atoms with Gasteiger partial charge in [0.05, 0.1) is 0 Å². The molecule has 4 rings (SSSR count). The van der Waals surface area contributed by atoms with E-state index in [2.05, 4.69) is 19.8 Å². The van der Waals surface area contributed by atoms with E-state index in [1.807, 2.05) is 12.4 Å². The van der Waals surface area contributed by atoms with Crippen molar-refractivity contribution in [3.8, 4) is 0 Å². The minimum absolute atomic E-state index is 0.114. The fourth-order valence-corrected chi connectivity index (χ4v) is 4.54. The number of nitrogens with zero attached hydrogens (tertiary/aromatic N) is 4. The number of hydrogen-bond acceptors (Lipinski definition) is 5. The van der Waals surface area contributed by atoms with Crippen molar-refractivity contribution in [3.05, 3.63) is 23.8 Å². The lowest BCUT2D eigenvalue weighted by atomic mass is 9.99. The monoisotopic (exact) mass is 344 g/mol. The molecule has 5 heteroatoms. The van der Waals surface area contributed by atoms with Gasteiger partial charge in [0.1, 0.15) is 6.10 Å². The number of likely N-dealkylation sites (tertiary alicyclic amines) is 2. The largest absolute Gasteiger partial charge is 0.370 e. The molecule has 3 aliphatic heterocycles. The Balaban J connectivity index is 1.25. The van der Waals surface area contributed by atoms with Crippen LogP contribution in [0.15, 0.2) is 12.4 Å². The van der Waals surface area contributed by atoms with Crippen LogP contribution in [0.2, 0.25) is 0 Å². The van der Waals surface area contributed by atoms with E-state index >= 15 is 0 Å². The molecule has 0 unspecified atom stereocenters. The van der Waals surface area contributed by atoms with Crippen LogP contribution in [0.5, 0.6) is 0 Å². The Kier molecular flexibility index (Phi) is 5.95. The van der Waals surface area contributed by atoms with Crippen molar-refractivity contribution in [2.75, 3.05) is 32.8 Å². The standard InChI is InChI=1S/C20H32N4O/c1-3-9-24(10-4-1)18-7-11-23(12-8-18)16-17-14-21-20(22-15-17)19-6-2-5-13-25-19/h14-15,18-19H,1-13,16H2/t19-/m0/s1. The first kappa shape index (κ1) is 17.4. The first-order valence-corrected chi connectivity index (χ1v) is 10.3. The van der Waals surface area contributed by atoms with Crippen molar-refractivity contribution in [3.63, 3.8) is 0 Å². The molecule has 0 radical (unpaired) electrons. The number of rotatable bonds is 4. The van der Waals surface area contributed by atoms with Crippen molar-refractivity contribution in [1.29, 1.82) is 0 Å². The second-order valence-electron chi connectivity index (χ2n) is 7.91. The van der Waals surface area contributed by atoms with E-state index in [4.69, 9.17) is 4.74 Å². The third-order valence-electron chi connectivity index (χ3n) is 6.06. The molecule has 138 valence electrons. The van der Waals surface area contributed by atoms with Crippen LogP contribution in [0.1, 0.15) is 68.9 Å². The molecule has 25 heavy (non-hydrogen) atoms. The van der Waals surface area contributed by atoms with Gasteiger partial charge in [-0.2, -0.15) is 0 Å². The molecular formula is C20H32N4O. The quantitative estimate of drug-likeness (QED) is 0.839. The van der Waals surface area contributed by atoms with Gasteiger partial charge < -0.3 is 9.64 Å². The Hall–Kier alpha value is -1.04. The molecule has 0 aliphatic carbocycles. The summed E-state index contributed by atoms with van der Waals surface area (Å²) >= 11 is 0. The molecule has 0 spiro atoms. The van der Waals surface area contributed by atoms with E-state index in [9.17, 15) is 0 Å². The average molecular weight is 345 g/mol. The highest BCUT2D eigenvalue weighted by atomic mass is 16.5. The van der Waals surface area contributed by atoms with Gasteiger partial charge in [-0.1, -0.05) is 6.42 Å². The topological polar surface area (TPSA) is 41.5 Å². The Morgan fingerprint density at radius 2 is 1.64 bits per heavy atom. The van der Waals surface area contributed by atoms with Crippen molar-refractivity contribution in [2.24, 2.45) is 0 Å². The van der Waals surface area contributed by atoms with E-state index in [0.29, 0.717) is 0 Å². The van der Waals surface area contributed by atoms with Crippen molar-refractivity contribution >= 4 is 0 Å². The molecule has 1 aromatic rings. The third-order valence-corrected chi connectivity index (χ3v) is 6.06. The Morgan fingerprint density at radius 1 is 0.880 bits per heavy atom. The van der Waals surface area contributed by atoms with Crippen LogP contribution in [0, 0.1) is 0 Å². The summed E-state index contributed by atoms with van der Waals surface area (Å²) in [6.45, 7) is 6.88. The van der Waals surface area contributed by atoms with Gasteiger partial charge in [0, 0.05) is 37.2 Å². The van der Waals surface area contributed by atoms with Gasteiger partial charge in [-0.15, -0.1) is 0 Å². The minimum Gasteiger partial charge on any atom is -0.370 e. The molecule has 4 heterocycles. The van der Waals surface area contributed by atoms with Gasteiger partial charge >= 0.3 is 0 Å². The Labute approximate surface area is 151 Å². The second-order valence-corrected chi connectivity index (χ2v) is 7.91. The van der Waals surface area contributed by atoms with E-state index in [-0.39, 0.29) is 6.10 Å². The summed E-state index contributed by atoms with van der Waals surface area (Å²) in [5.41, 5.74) is 1.23. The van der Waals surface area contributed by atoms with Crippen LogP contribution in [0.3, 0.4) is 0 Å². The first-order valence-electron chi connectivity index (χ1n) is 10.3. The van der Waals surface area contributed by atoms with Gasteiger partial charge in [0.2, 0.25) is 0 Å². The van der Waals surface area contributed by atoms with Gasteiger partial charge in [-0.05, 0) is 71.1 Å². The molecule has 0 N–H and O–H groups in total. The first-order chi connectivity index (χ1) is 12.4. The number of aromatic nitrogens is 2. The van der Waals surface area contributed by atoms with Crippen LogP contribution in [-0.2, 0) is 11.3 Å². The van der Waals surface area contributed by atoms with E-state index in [1.165, 1.54) is 76.7 Å². The maximum absolute atomic E-state index is 5.78. The van der Waals surface area contributed by atoms with Gasteiger partial charge in [0.25, 0.3) is 0 Å². The molecule has 0 amide bonds. The van der Waals surface area contributed by atoms with Crippen LogP contribution >= 0.6 is 0 Å². The maximum Gasteiger partial charge on any atom is 0.157 e. The lowest BCUT2D eigenvalue weighted by Crippen LogP contribution is -2.46. The minimum atomic E-state index is 0.114. The smallest absolute Gasteiger partial charge is 0.157 e. The summed E-state index contributed by atoms with van der Waals surface area (Å²) in [4.78, 5) is 14.5. The molecule has 1 aromatic heterocycles. The molecule has 3 aliphatic rings.